The third-order valence-corrected chi connectivity index (χ3v) is 4.41. The van der Waals surface area contributed by atoms with Crippen LogP contribution < -0.4 is 5.32 Å². The summed E-state index contributed by atoms with van der Waals surface area (Å²) in [5.74, 6) is 2.28. The van der Waals surface area contributed by atoms with Gasteiger partial charge in [0.2, 0.25) is 0 Å². The topological polar surface area (TPSA) is 58.0 Å². The molecule has 0 aliphatic heterocycles. The minimum absolute atomic E-state index is 0.0750. The average molecular weight is 277 g/mol. The van der Waals surface area contributed by atoms with Crippen molar-refractivity contribution in [2.45, 2.75) is 65.4 Å². The molecule has 1 aliphatic rings. The smallest absolute Gasteiger partial charge is 0.132 e. The van der Waals surface area contributed by atoms with Crippen molar-refractivity contribution in [3.63, 3.8) is 0 Å². The number of rotatable bonds is 5. The van der Waals surface area contributed by atoms with Gasteiger partial charge in [-0.2, -0.15) is 0 Å². The van der Waals surface area contributed by atoms with Crippen molar-refractivity contribution in [3.8, 4) is 0 Å². The molecule has 1 heterocycles. The van der Waals surface area contributed by atoms with E-state index in [9.17, 15) is 5.11 Å². The van der Waals surface area contributed by atoms with Gasteiger partial charge < -0.3 is 10.4 Å². The maximum Gasteiger partial charge on any atom is 0.132 e. The van der Waals surface area contributed by atoms with Gasteiger partial charge in [-0.3, -0.25) is 0 Å². The summed E-state index contributed by atoms with van der Waals surface area (Å²) in [6.45, 7) is 6.92. The van der Waals surface area contributed by atoms with E-state index in [0.717, 1.165) is 48.7 Å². The summed E-state index contributed by atoms with van der Waals surface area (Å²) in [7, 11) is 0. The summed E-state index contributed by atoms with van der Waals surface area (Å²) in [4.78, 5) is 8.82. The molecule has 2 atom stereocenters. The number of nitrogens with one attached hydrogen (secondary N) is 1. The number of hydrogen-bond acceptors (Lipinski definition) is 4. The predicted octanol–water partition coefficient (Wildman–Crippen LogP) is 3.15. The van der Waals surface area contributed by atoms with Gasteiger partial charge in [0.1, 0.15) is 11.6 Å². The highest BCUT2D eigenvalue weighted by atomic mass is 16.3. The molecule has 1 fully saturated rings. The fourth-order valence-electron chi connectivity index (χ4n) is 3.04. The Morgan fingerprint density at radius 2 is 1.90 bits per heavy atom. The number of aliphatic hydroxyl groups is 1. The number of aromatic nitrogens is 2. The van der Waals surface area contributed by atoms with Gasteiger partial charge in [0.25, 0.3) is 0 Å². The fraction of sp³-hybridized carbons (Fsp3) is 0.750. The Kier molecular flexibility index (Phi) is 5.35. The maximum atomic E-state index is 9.96. The lowest BCUT2D eigenvalue weighted by Gasteiger charge is -2.27. The second-order valence-electron chi connectivity index (χ2n) is 6.01. The Morgan fingerprint density at radius 3 is 2.65 bits per heavy atom. The Bertz CT molecular complexity index is 448. The Balaban J connectivity index is 1.78. The normalized spacial score (nSPS) is 22.8. The van der Waals surface area contributed by atoms with Gasteiger partial charge in [0, 0.05) is 17.8 Å². The van der Waals surface area contributed by atoms with E-state index >= 15 is 0 Å². The van der Waals surface area contributed by atoms with E-state index in [0.29, 0.717) is 5.92 Å². The highest BCUT2D eigenvalue weighted by molar-refractivity contribution is 5.45. The van der Waals surface area contributed by atoms with Crippen molar-refractivity contribution in [1.82, 2.24) is 9.97 Å². The second kappa shape index (κ2) is 7.02. The monoisotopic (exact) mass is 277 g/mol. The van der Waals surface area contributed by atoms with Crippen LogP contribution in [-0.2, 0) is 0 Å². The van der Waals surface area contributed by atoms with Crippen LogP contribution in [0.25, 0.3) is 0 Å². The second-order valence-corrected chi connectivity index (χ2v) is 6.01. The summed E-state index contributed by atoms with van der Waals surface area (Å²) < 4.78 is 0. The number of aliphatic hydroxyl groups excluding tert-OH is 1. The zero-order valence-electron chi connectivity index (χ0n) is 12.9. The van der Waals surface area contributed by atoms with Gasteiger partial charge in [-0.25, -0.2) is 9.97 Å². The van der Waals surface area contributed by atoms with Gasteiger partial charge in [-0.1, -0.05) is 12.8 Å². The average Bonchev–Trinajstić information content (AvgIpc) is 2.41. The van der Waals surface area contributed by atoms with E-state index in [4.69, 9.17) is 0 Å². The van der Waals surface area contributed by atoms with E-state index in [1.165, 1.54) is 19.3 Å². The minimum Gasteiger partial charge on any atom is -0.393 e. The summed E-state index contributed by atoms with van der Waals surface area (Å²) >= 11 is 0. The van der Waals surface area contributed by atoms with Crippen LogP contribution in [0, 0.1) is 26.7 Å². The van der Waals surface area contributed by atoms with Crippen molar-refractivity contribution in [1.29, 1.82) is 0 Å². The van der Waals surface area contributed by atoms with Crippen LogP contribution in [0.2, 0.25) is 0 Å². The highest BCUT2D eigenvalue weighted by Crippen LogP contribution is 2.27. The van der Waals surface area contributed by atoms with Crippen LogP contribution in [0.15, 0.2) is 0 Å². The molecule has 2 rings (SSSR count). The lowest BCUT2D eigenvalue weighted by atomic mass is 9.83. The molecule has 0 saturated heterocycles. The van der Waals surface area contributed by atoms with E-state index in [1.807, 2.05) is 13.8 Å². The summed E-state index contributed by atoms with van der Waals surface area (Å²) in [6, 6.07) is 0. The number of aryl methyl sites for hydroxylation is 2. The summed E-state index contributed by atoms with van der Waals surface area (Å²) in [5.41, 5.74) is 2.18. The molecule has 0 spiro atoms. The zero-order valence-corrected chi connectivity index (χ0v) is 12.9. The molecule has 1 aromatic rings. The quantitative estimate of drug-likeness (QED) is 0.812. The molecule has 0 amide bonds. The molecule has 0 radical (unpaired) electrons. The van der Waals surface area contributed by atoms with Crippen LogP contribution in [0.5, 0.6) is 0 Å². The molecule has 0 bridgehead atoms. The Hall–Kier alpha value is -1.16. The van der Waals surface area contributed by atoms with Gasteiger partial charge in [-0.05, 0) is 52.4 Å². The van der Waals surface area contributed by atoms with E-state index < -0.39 is 0 Å². The highest BCUT2D eigenvalue weighted by Gasteiger charge is 2.22. The summed E-state index contributed by atoms with van der Waals surface area (Å²) in [6.07, 6.45) is 6.76. The molecule has 1 aliphatic carbocycles. The summed E-state index contributed by atoms with van der Waals surface area (Å²) in [5, 5.41) is 13.4. The molecular weight excluding hydrogens is 250 g/mol. The minimum atomic E-state index is -0.0750. The van der Waals surface area contributed by atoms with Gasteiger partial charge in [0.15, 0.2) is 0 Å². The third-order valence-electron chi connectivity index (χ3n) is 4.41. The van der Waals surface area contributed by atoms with E-state index in [2.05, 4.69) is 22.2 Å². The fourth-order valence-corrected chi connectivity index (χ4v) is 3.04. The van der Waals surface area contributed by atoms with Crippen LogP contribution in [0.4, 0.5) is 5.82 Å². The Labute approximate surface area is 122 Å². The largest absolute Gasteiger partial charge is 0.393 e. The molecule has 0 aromatic carbocycles. The molecule has 112 valence electrons. The van der Waals surface area contributed by atoms with Crippen molar-refractivity contribution < 1.29 is 5.11 Å². The molecule has 20 heavy (non-hydrogen) atoms. The first-order valence-electron chi connectivity index (χ1n) is 7.81. The molecule has 4 nitrogen and oxygen atoms in total. The predicted molar refractivity (Wildman–Crippen MR) is 81.9 cm³/mol. The van der Waals surface area contributed by atoms with Crippen molar-refractivity contribution >= 4 is 5.82 Å². The van der Waals surface area contributed by atoms with Gasteiger partial charge in [0.05, 0.1) is 6.10 Å². The van der Waals surface area contributed by atoms with Gasteiger partial charge >= 0.3 is 0 Å². The standard InChI is InChI=1S/C16H27N3O/c1-11-12(2)18-13(3)19-16(11)17-10-6-8-14-7-4-5-9-15(14)20/h14-15,20H,4-10H2,1-3H3,(H,17,18,19). The van der Waals surface area contributed by atoms with Crippen LogP contribution >= 0.6 is 0 Å². The Morgan fingerprint density at radius 1 is 1.15 bits per heavy atom. The molecule has 1 aromatic heterocycles. The lowest BCUT2D eigenvalue weighted by Crippen LogP contribution is -2.24. The maximum absolute atomic E-state index is 9.96. The van der Waals surface area contributed by atoms with Crippen LogP contribution in [0.3, 0.4) is 0 Å². The first-order valence-corrected chi connectivity index (χ1v) is 7.81. The zero-order chi connectivity index (χ0) is 14.5. The number of anilines is 1. The number of nitrogens with zero attached hydrogens (tertiary/aromatic N) is 2. The van der Waals surface area contributed by atoms with Crippen molar-refractivity contribution in [2.24, 2.45) is 5.92 Å². The van der Waals surface area contributed by atoms with Crippen molar-refractivity contribution in [2.75, 3.05) is 11.9 Å². The van der Waals surface area contributed by atoms with Crippen molar-refractivity contribution in [3.05, 3.63) is 17.1 Å². The number of hydrogen-bond donors (Lipinski definition) is 2. The molecular formula is C16H27N3O. The third kappa shape index (κ3) is 3.92. The van der Waals surface area contributed by atoms with Crippen LogP contribution in [0.1, 0.15) is 55.6 Å². The van der Waals surface area contributed by atoms with E-state index in [1.54, 1.807) is 0 Å². The molecule has 2 unspecified atom stereocenters. The first-order chi connectivity index (χ1) is 9.58. The SMILES string of the molecule is Cc1nc(C)c(C)c(NCCCC2CCCCC2O)n1. The first kappa shape index (κ1) is 15.2. The molecule has 2 N–H and O–H groups in total. The van der Waals surface area contributed by atoms with E-state index in [-0.39, 0.29) is 6.10 Å². The molecule has 4 heteroatoms. The lowest BCUT2D eigenvalue weighted by molar-refractivity contribution is 0.0648. The van der Waals surface area contributed by atoms with Gasteiger partial charge in [-0.15, -0.1) is 0 Å². The van der Waals surface area contributed by atoms with Crippen LogP contribution in [-0.4, -0.2) is 27.7 Å². The molecule has 1 saturated carbocycles.